The average Bonchev–Trinajstić information content (AvgIpc) is 2.74. The first-order chi connectivity index (χ1) is 9.27. The molecule has 7 heteroatoms. The second-order valence-corrected chi connectivity index (χ2v) is 5.92. The van der Waals surface area contributed by atoms with E-state index < -0.39 is 5.97 Å². The normalized spacial score (nSPS) is 13.4. The summed E-state index contributed by atoms with van der Waals surface area (Å²) < 4.78 is 1.58. The van der Waals surface area contributed by atoms with E-state index in [-0.39, 0.29) is 17.9 Å². The number of nitrogens with one attached hydrogen (secondary N) is 1. The molecular weight excluding hydrogens is 258 g/mol. The van der Waals surface area contributed by atoms with Gasteiger partial charge in [0.15, 0.2) is 0 Å². The molecule has 0 amide bonds. The van der Waals surface area contributed by atoms with E-state index in [2.05, 4.69) is 20.4 Å². The van der Waals surface area contributed by atoms with Gasteiger partial charge in [0.1, 0.15) is 12.1 Å². The summed E-state index contributed by atoms with van der Waals surface area (Å²) in [5.41, 5.74) is 0.596. The van der Waals surface area contributed by atoms with Crippen molar-refractivity contribution in [3.63, 3.8) is 0 Å². The topological polar surface area (TPSA) is 92.4 Å². The minimum atomic E-state index is -0.835. The molecule has 0 saturated carbocycles. The Kier molecular flexibility index (Phi) is 3.61. The second kappa shape index (κ2) is 5.07. The third kappa shape index (κ3) is 3.04. The highest BCUT2D eigenvalue weighted by molar-refractivity contribution is 5.68. The van der Waals surface area contributed by atoms with Crippen molar-refractivity contribution in [1.29, 1.82) is 0 Å². The second-order valence-electron chi connectivity index (χ2n) is 5.92. The van der Waals surface area contributed by atoms with E-state index in [0.29, 0.717) is 11.6 Å². The summed E-state index contributed by atoms with van der Waals surface area (Å²) in [7, 11) is 0. The van der Waals surface area contributed by atoms with Gasteiger partial charge in [0.2, 0.25) is 0 Å². The Morgan fingerprint density at radius 3 is 2.80 bits per heavy atom. The van der Waals surface area contributed by atoms with Crippen LogP contribution in [0.2, 0.25) is 0 Å². The largest absolute Gasteiger partial charge is 0.481 e. The maximum atomic E-state index is 11.0. The zero-order valence-corrected chi connectivity index (χ0v) is 12.1. The molecule has 0 aliphatic rings. The number of hydrogen-bond donors (Lipinski definition) is 2. The Balaban J connectivity index is 2.37. The van der Waals surface area contributed by atoms with Crippen molar-refractivity contribution in [3.05, 3.63) is 18.1 Å². The van der Waals surface area contributed by atoms with Gasteiger partial charge in [-0.3, -0.25) is 4.79 Å². The van der Waals surface area contributed by atoms with Crippen molar-refractivity contribution in [2.45, 2.75) is 40.2 Å². The minimum absolute atomic E-state index is 0.0288. The Morgan fingerprint density at radius 2 is 2.20 bits per heavy atom. The molecule has 2 N–H and O–H groups in total. The number of rotatable bonds is 4. The lowest BCUT2D eigenvalue weighted by Crippen LogP contribution is -2.36. The number of hydrogen-bond acceptors (Lipinski definition) is 5. The van der Waals surface area contributed by atoms with Crippen LogP contribution in [0.3, 0.4) is 0 Å². The molecule has 1 atom stereocenters. The number of fused-ring (bicyclic) bond motifs is 1. The summed E-state index contributed by atoms with van der Waals surface area (Å²) in [5.74, 6) is 0.361. The van der Waals surface area contributed by atoms with Gasteiger partial charge < -0.3 is 10.4 Å². The van der Waals surface area contributed by atoms with E-state index in [1.54, 1.807) is 4.52 Å². The van der Waals surface area contributed by atoms with Crippen LogP contribution in [0.25, 0.3) is 5.78 Å². The number of aliphatic carboxylic acids is 1. The van der Waals surface area contributed by atoms with E-state index in [1.165, 1.54) is 6.33 Å². The van der Waals surface area contributed by atoms with Crippen molar-refractivity contribution < 1.29 is 9.90 Å². The molecule has 20 heavy (non-hydrogen) atoms. The molecule has 2 heterocycles. The van der Waals surface area contributed by atoms with E-state index in [1.807, 2.05) is 33.8 Å². The molecule has 0 radical (unpaired) electrons. The van der Waals surface area contributed by atoms with Crippen LogP contribution >= 0.6 is 0 Å². The SMILES string of the molecule is Cc1cc(NC(CC(=O)O)C(C)(C)C)n2ncnc2n1. The van der Waals surface area contributed by atoms with Crippen LogP contribution in [-0.2, 0) is 4.79 Å². The zero-order chi connectivity index (χ0) is 14.9. The molecule has 2 rings (SSSR count). The summed E-state index contributed by atoms with van der Waals surface area (Å²) >= 11 is 0. The summed E-state index contributed by atoms with van der Waals surface area (Å²) in [6.07, 6.45) is 1.46. The molecule has 1 unspecified atom stereocenters. The highest BCUT2D eigenvalue weighted by Crippen LogP contribution is 2.25. The van der Waals surface area contributed by atoms with E-state index >= 15 is 0 Å². The maximum Gasteiger partial charge on any atom is 0.305 e. The number of nitrogens with zero attached hydrogens (tertiary/aromatic N) is 4. The fourth-order valence-electron chi connectivity index (χ4n) is 1.96. The molecule has 2 aromatic heterocycles. The molecule has 7 nitrogen and oxygen atoms in total. The number of aromatic nitrogens is 4. The van der Waals surface area contributed by atoms with Gasteiger partial charge >= 0.3 is 5.97 Å². The van der Waals surface area contributed by atoms with Crippen LogP contribution < -0.4 is 5.32 Å². The van der Waals surface area contributed by atoms with Crippen LogP contribution in [0.15, 0.2) is 12.4 Å². The summed E-state index contributed by atoms with van der Waals surface area (Å²) in [5, 5.41) is 16.4. The quantitative estimate of drug-likeness (QED) is 0.884. The Labute approximate surface area is 117 Å². The zero-order valence-electron chi connectivity index (χ0n) is 12.1. The Hall–Kier alpha value is -2.18. The lowest BCUT2D eigenvalue weighted by Gasteiger charge is -2.31. The van der Waals surface area contributed by atoms with Gasteiger partial charge in [0.25, 0.3) is 5.78 Å². The molecule has 0 bridgehead atoms. The fourth-order valence-corrected chi connectivity index (χ4v) is 1.96. The van der Waals surface area contributed by atoms with Crippen LogP contribution in [0.1, 0.15) is 32.9 Å². The minimum Gasteiger partial charge on any atom is -0.481 e. The van der Waals surface area contributed by atoms with Crippen molar-refractivity contribution in [1.82, 2.24) is 19.6 Å². The molecule has 0 spiro atoms. The van der Waals surface area contributed by atoms with Crippen molar-refractivity contribution in [2.75, 3.05) is 5.32 Å². The smallest absolute Gasteiger partial charge is 0.305 e. The van der Waals surface area contributed by atoms with Gasteiger partial charge in [-0.2, -0.15) is 14.6 Å². The van der Waals surface area contributed by atoms with Gasteiger partial charge in [-0.25, -0.2) is 4.98 Å². The molecule has 0 aliphatic carbocycles. The van der Waals surface area contributed by atoms with E-state index in [4.69, 9.17) is 5.11 Å². The number of aryl methyl sites for hydroxylation is 1. The number of carboxylic acid groups (broad SMARTS) is 1. The van der Waals surface area contributed by atoms with Gasteiger partial charge in [-0.1, -0.05) is 20.8 Å². The summed E-state index contributed by atoms with van der Waals surface area (Å²) in [6.45, 7) is 7.86. The lowest BCUT2D eigenvalue weighted by atomic mass is 9.85. The monoisotopic (exact) mass is 277 g/mol. The lowest BCUT2D eigenvalue weighted by molar-refractivity contribution is -0.137. The predicted molar refractivity (Wildman–Crippen MR) is 74.6 cm³/mol. The standard InChI is InChI=1S/C13H19N5O2/c1-8-5-10(18-12(16-8)14-7-15-18)17-9(6-11(19)20)13(2,3)4/h5,7,9,17H,6H2,1-4H3,(H,19,20). The molecule has 108 valence electrons. The summed E-state index contributed by atoms with van der Waals surface area (Å²) in [6, 6.07) is 1.61. The predicted octanol–water partition coefficient (Wildman–Crippen LogP) is 1.73. The van der Waals surface area contributed by atoms with E-state index in [9.17, 15) is 4.79 Å². The first-order valence-corrected chi connectivity index (χ1v) is 6.43. The fraction of sp³-hybridized carbons (Fsp3) is 0.538. The molecule has 0 saturated heterocycles. The van der Waals surface area contributed by atoms with Crippen molar-refractivity contribution >= 4 is 17.6 Å². The highest BCUT2D eigenvalue weighted by atomic mass is 16.4. The van der Waals surface area contributed by atoms with Crippen molar-refractivity contribution in [2.24, 2.45) is 5.41 Å². The maximum absolute atomic E-state index is 11.0. The molecular formula is C13H19N5O2. The third-order valence-electron chi connectivity index (χ3n) is 3.13. The first-order valence-electron chi connectivity index (χ1n) is 6.43. The Bertz CT molecular complexity index is 629. The van der Waals surface area contributed by atoms with Gasteiger partial charge in [0, 0.05) is 17.8 Å². The van der Waals surface area contributed by atoms with Crippen molar-refractivity contribution in [3.8, 4) is 0 Å². The Morgan fingerprint density at radius 1 is 1.50 bits per heavy atom. The number of anilines is 1. The first kappa shape index (κ1) is 14.2. The number of carboxylic acids is 1. The third-order valence-corrected chi connectivity index (χ3v) is 3.13. The van der Waals surface area contributed by atoms with Crippen LogP contribution in [0.5, 0.6) is 0 Å². The van der Waals surface area contributed by atoms with Crippen LogP contribution in [0, 0.1) is 12.3 Å². The number of carbonyl (C=O) groups is 1. The van der Waals surface area contributed by atoms with Gasteiger partial charge in [-0.05, 0) is 12.3 Å². The molecule has 2 aromatic rings. The van der Waals surface area contributed by atoms with E-state index in [0.717, 1.165) is 5.69 Å². The molecule has 0 aliphatic heterocycles. The summed E-state index contributed by atoms with van der Waals surface area (Å²) in [4.78, 5) is 19.4. The molecule has 0 fully saturated rings. The van der Waals surface area contributed by atoms with Crippen LogP contribution in [0.4, 0.5) is 5.82 Å². The van der Waals surface area contributed by atoms with Crippen LogP contribution in [-0.4, -0.2) is 36.7 Å². The molecule has 0 aromatic carbocycles. The van der Waals surface area contributed by atoms with Gasteiger partial charge in [0.05, 0.1) is 6.42 Å². The average molecular weight is 277 g/mol. The highest BCUT2D eigenvalue weighted by Gasteiger charge is 2.27. The van der Waals surface area contributed by atoms with Gasteiger partial charge in [-0.15, -0.1) is 0 Å².